The standard InChI is InChI=1S/C32H36N4O4/c1-20-25(27(35-39-20)22-12-8-6-9-13-22)29(37)33-19-32(5)17-24(16-31(3,4)18-32)34-30(38)26-21(2)40-36-28(26)23-14-10-7-11-15-23/h6-15,24H,16-19H2,1-5H3,(H,33,37)(H,34,38)/t24-,32-/m0/s1. The highest BCUT2D eigenvalue weighted by atomic mass is 16.5. The Morgan fingerprint density at radius 1 is 0.800 bits per heavy atom. The molecule has 1 aliphatic carbocycles. The number of aryl methyl sites for hydroxylation is 2. The third-order valence-corrected chi connectivity index (χ3v) is 7.73. The van der Waals surface area contributed by atoms with E-state index in [-0.39, 0.29) is 28.7 Å². The second kappa shape index (κ2) is 10.8. The lowest BCUT2D eigenvalue weighted by Gasteiger charge is -2.47. The topological polar surface area (TPSA) is 110 Å². The second-order valence-corrected chi connectivity index (χ2v) is 12.1. The molecule has 2 aromatic carbocycles. The SMILES string of the molecule is Cc1onc(-c2ccccc2)c1C(=O)NC[C@@]1(C)C[C@@H](NC(=O)c2c(-c3ccccc3)noc2C)CC(C)(C)C1. The van der Waals surface area contributed by atoms with E-state index >= 15 is 0 Å². The molecule has 208 valence electrons. The highest BCUT2D eigenvalue weighted by Gasteiger charge is 2.42. The first-order valence-electron chi connectivity index (χ1n) is 13.7. The Balaban J connectivity index is 1.31. The third-order valence-electron chi connectivity index (χ3n) is 7.73. The summed E-state index contributed by atoms with van der Waals surface area (Å²) in [6, 6.07) is 19.1. The van der Waals surface area contributed by atoms with Crippen LogP contribution in [-0.2, 0) is 0 Å². The molecule has 0 aliphatic heterocycles. The van der Waals surface area contributed by atoms with Crippen molar-refractivity contribution in [3.05, 3.63) is 83.3 Å². The molecule has 4 aromatic rings. The van der Waals surface area contributed by atoms with Crippen LogP contribution in [0.4, 0.5) is 0 Å². The number of hydrogen-bond acceptors (Lipinski definition) is 6. The summed E-state index contributed by atoms with van der Waals surface area (Å²) < 4.78 is 10.8. The minimum Gasteiger partial charge on any atom is -0.360 e. The molecule has 0 spiro atoms. The van der Waals surface area contributed by atoms with Crippen LogP contribution >= 0.6 is 0 Å². The van der Waals surface area contributed by atoms with Crippen molar-refractivity contribution in [2.75, 3.05) is 6.54 Å². The number of amides is 2. The van der Waals surface area contributed by atoms with E-state index in [4.69, 9.17) is 9.05 Å². The number of carbonyl (C=O) groups excluding carboxylic acids is 2. The van der Waals surface area contributed by atoms with Crippen molar-refractivity contribution in [3.63, 3.8) is 0 Å². The van der Waals surface area contributed by atoms with Gasteiger partial charge in [-0.15, -0.1) is 0 Å². The smallest absolute Gasteiger partial charge is 0.257 e. The maximum atomic E-state index is 13.5. The number of nitrogens with one attached hydrogen (secondary N) is 2. The van der Waals surface area contributed by atoms with Gasteiger partial charge in [0.2, 0.25) is 0 Å². The van der Waals surface area contributed by atoms with Gasteiger partial charge in [-0.25, -0.2) is 0 Å². The first kappa shape index (κ1) is 27.4. The molecule has 0 saturated heterocycles. The minimum absolute atomic E-state index is 0.0378. The van der Waals surface area contributed by atoms with Gasteiger partial charge >= 0.3 is 0 Å². The van der Waals surface area contributed by atoms with Crippen LogP contribution < -0.4 is 10.6 Å². The van der Waals surface area contributed by atoms with E-state index in [0.29, 0.717) is 40.6 Å². The fraction of sp³-hybridized carbons (Fsp3) is 0.375. The summed E-state index contributed by atoms with van der Waals surface area (Å²) >= 11 is 0. The van der Waals surface area contributed by atoms with Gasteiger partial charge in [-0.05, 0) is 43.9 Å². The van der Waals surface area contributed by atoms with E-state index in [1.165, 1.54) is 0 Å². The van der Waals surface area contributed by atoms with Gasteiger partial charge in [0.1, 0.15) is 34.0 Å². The molecule has 2 atom stereocenters. The molecule has 2 amide bonds. The summed E-state index contributed by atoms with van der Waals surface area (Å²) in [4.78, 5) is 26.9. The Morgan fingerprint density at radius 3 is 1.82 bits per heavy atom. The molecule has 8 heteroatoms. The molecule has 2 N–H and O–H groups in total. The van der Waals surface area contributed by atoms with Gasteiger partial charge in [-0.1, -0.05) is 91.7 Å². The van der Waals surface area contributed by atoms with Crippen molar-refractivity contribution in [1.82, 2.24) is 20.9 Å². The Kier molecular flexibility index (Phi) is 7.36. The highest BCUT2D eigenvalue weighted by molar-refractivity contribution is 6.01. The van der Waals surface area contributed by atoms with Crippen molar-refractivity contribution in [3.8, 4) is 22.5 Å². The predicted octanol–water partition coefficient (Wildman–Crippen LogP) is 6.36. The number of hydrogen-bond donors (Lipinski definition) is 2. The molecule has 40 heavy (non-hydrogen) atoms. The van der Waals surface area contributed by atoms with Gasteiger partial charge < -0.3 is 19.7 Å². The van der Waals surface area contributed by atoms with Gasteiger partial charge in [0.25, 0.3) is 11.8 Å². The summed E-state index contributed by atoms with van der Waals surface area (Å²) in [6.07, 6.45) is 2.46. The van der Waals surface area contributed by atoms with E-state index in [1.807, 2.05) is 60.7 Å². The quantitative estimate of drug-likeness (QED) is 0.282. The zero-order valence-electron chi connectivity index (χ0n) is 23.7. The van der Waals surface area contributed by atoms with Crippen LogP contribution in [0.5, 0.6) is 0 Å². The van der Waals surface area contributed by atoms with Crippen LogP contribution in [0.1, 0.15) is 72.3 Å². The molecule has 0 radical (unpaired) electrons. The molecule has 1 saturated carbocycles. The molecule has 1 aliphatic rings. The number of nitrogens with zero attached hydrogens (tertiary/aromatic N) is 2. The van der Waals surface area contributed by atoms with E-state index < -0.39 is 0 Å². The monoisotopic (exact) mass is 540 g/mol. The number of carbonyl (C=O) groups is 2. The van der Waals surface area contributed by atoms with Crippen LogP contribution in [0.25, 0.3) is 22.5 Å². The number of rotatable bonds is 7. The fourth-order valence-corrected chi connectivity index (χ4v) is 6.38. The van der Waals surface area contributed by atoms with E-state index in [1.54, 1.807) is 13.8 Å². The Hall–Kier alpha value is -4.20. The maximum absolute atomic E-state index is 13.5. The van der Waals surface area contributed by atoms with Crippen LogP contribution in [0, 0.1) is 24.7 Å². The molecule has 2 heterocycles. The zero-order chi connectivity index (χ0) is 28.5. The van der Waals surface area contributed by atoms with Crippen LogP contribution in [0.2, 0.25) is 0 Å². The zero-order valence-corrected chi connectivity index (χ0v) is 23.7. The molecular formula is C32H36N4O4. The van der Waals surface area contributed by atoms with Gasteiger partial charge in [0.05, 0.1) is 0 Å². The largest absolute Gasteiger partial charge is 0.360 e. The summed E-state index contributed by atoms with van der Waals surface area (Å²) in [5, 5.41) is 14.7. The first-order valence-corrected chi connectivity index (χ1v) is 13.7. The van der Waals surface area contributed by atoms with Crippen molar-refractivity contribution in [2.45, 2.75) is 59.9 Å². The van der Waals surface area contributed by atoms with E-state index in [9.17, 15) is 9.59 Å². The summed E-state index contributed by atoms with van der Waals surface area (Å²) in [5.41, 5.74) is 3.37. The Bertz CT molecular complexity index is 1510. The van der Waals surface area contributed by atoms with Gasteiger partial charge in [0, 0.05) is 23.7 Å². The predicted molar refractivity (Wildman–Crippen MR) is 153 cm³/mol. The van der Waals surface area contributed by atoms with Crippen molar-refractivity contribution >= 4 is 11.8 Å². The van der Waals surface area contributed by atoms with Crippen LogP contribution in [0.3, 0.4) is 0 Å². The molecular weight excluding hydrogens is 504 g/mol. The normalized spacial score (nSPS) is 20.2. The lowest BCUT2D eigenvalue weighted by Crippen LogP contribution is -2.50. The fourth-order valence-electron chi connectivity index (χ4n) is 6.38. The summed E-state index contributed by atoms with van der Waals surface area (Å²) in [5.74, 6) is 0.559. The summed E-state index contributed by atoms with van der Waals surface area (Å²) in [6.45, 7) is 10.6. The van der Waals surface area contributed by atoms with Crippen LogP contribution in [0.15, 0.2) is 69.7 Å². The Morgan fingerprint density at radius 2 is 1.30 bits per heavy atom. The minimum atomic E-state index is -0.237. The number of benzene rings is 2. The molecule has 1 fully saturated rings. The average Bonchev–Trinajstić information content (AvgIpc) is 3.49. The second-order valence-electron chi connectivity index (χ2n) is 12.1. The summed E-state index contributed by atoms with van der Waals surface area (Å²) in [7, 11) is 0. The molecule has 2 aromatic heterocycles. The average molecular weight is 541 g/mol. The van der Waals surface area contributed by atoms with Gasteiger partial charge in [0.15, 0.2) is 0 Å². The van der Waals surface area contributed by atoms with Crippen LogP contribution in [-0.4, -0.2) is 34.7 Å². The maximum Gasteiger partial charge on any atom is 0.257 e. The molecule has 8 nitrogen and oxygen atoms in total. The lowest BCUT2D eigenvalue weighted by atomic mass is 9.62. The first-order chi connectivity index (χ1) is 19.1. The molecule has 0 bridgehead atoms. The molecule has 5 rings (SSSR count). The van der Waals surface area contributed by atoms with E-state index in [0.717, 1.165) is 30.4 Å². The van der Waals surface area contributed by atoms with Crippen molar-refractivity contribution < 1.29 is 18.6 Å². The molecule has 0 unspecified atom stereocenters. The third kappa shape index (κ3) is 5.71. The lowest BCUT2D eigenvalue weighted by molar-refractivity contribution is 0.0591. The Labute approximate surface area is 234 Å². The highest BCUT2D eigenvalue weighted by Crippen LogP contribution is 2.46. The van der Waals surface area contributed by atoms with Gasteiger partial charge in [-0.2, -0.15) is 0 Å². The number of aromatic nitrogens is 2. The van der Waals surface area contributed by atoms with E-state index in [2.05, 4.69) is 41.7 Å². The van der Waals surface area contributed by atoms with Gasteiger partial charge in [-0.3, -0.25) is 9.59 Å². The van der Waals surface area contributed by atoms with Crippen molar-refractivity contribution in [1.29, 1.82) is 0 Å². The van der Waals surface area contributed by atoms with Crippen molar-refractivity contribution in [2.24, 2.45) is 10.8 Å².